The Bertz CT molecular complexity index is 291. The largest absolute Gasteiger partial charge is 0.377 e. The zero-order valence-electron chi connectivity index (χ0n) is 11.2. The fourth-order valence-corrected chi connectivity index (χ4v) is 2.85. The van der Waals surface area contributed by atoms with Gasteiger partial charge in [-0.25, -0.2) is 0 Å². The molecule has 0 radical (unpaired) electrons. The monoisotopic (exact) mass is 240 g/mol. The molecule has 2 aliphatic heterocycles. The van der Waals surface area contributed by atoms with Gasteiger partial charge in [0.05, 0.1) is 25.3 Å². The maximum absolute atomic E-state index is 12.6. The van der Waals surface area contributed by atoms with Crippen LogP contribution in [0, 0.1) is 5.41 Å². The quantitative estimate of drug-likeness (QED) is 0.744. The summed E-state index contributed by atoms with van der Waals surface area (Å²) in [5.74, 6) is 0.255. The van der Waals surface area contributed by atoms with Crippen LogP contribution in [0.1, 0.15) is 33.6 Å². The highest BCUT2D eigenvalue weighted by atomic mass is 16.5. The molecule has 2 aliphatic rings. The lowest BCUT2D eigenvalue weighted by Gasteiger charge is -2.43. The second kappa shape index (κ2) is 4.94. The van der Waals surface area contributed by atoms with E-state index in [2.05, 4.69) is 26.1 Å². The van der Waals surface area contributed by atoms with E-state index in [4.69, 9.17) is 4.74 Å². The summed E-state index contributed by atoms with van der Waals surface area (Å²) in [4.78, 5) is 14.6. The molecule has 1 N–H and O–H groups in total. The molecule has 2 heterocycles. The van der Waals surface area contributed by atoms with E-state index in [1.165, 1.54) is 0 Å². The van der Waals surface area contributed by atoms with Gasteiger partial charge in [0.15, 0.2) is 0 Å². The predicted octanol–water partition coefficient (Wildman–Crippen LogP) is 1.01. The van der Waals surface area contributed by atoms with Gasteiger partial charge in [0.1, 0.15) is 0 Å². The fourth-order valence-electron chi connectivity index (χ4n) is 2.85. The third-order valence-electron chi connectivity index (χ3n) is 4.03. The van der Waals surface area contributed by atoms with Crippen LogP contribution in [0.15, 0.2) is 0 Å². The maximum Gasteiger partial charge on any atom is 0.240 e. The molecular weight excluding hydrogens is 216 g/mol. The van der Waals surface area contributed by atoms with Crippen molar-refractivity contribution in [3.63, 3.8) is 0 Å². The third kappa shape index (κ3) is 2.63. The first-order valence-electron chi connectivity index (χ1n) is 6.64. The van der Waals surface area contributed by atoms with E-state index in [-0.39, 0.29) is 23.4 Å². The highest BCUT2D eigenvalue weighted by molar-refractivity contribution is 5.83. The second-order valence-electron chi connectivity index (χ2n) is 5.93. The van der Waals surface area contributed by atoms with Crippen LogP contribution in [0.2, 0.25) is 0 Å². The van der Waals surface area contributed by atoms with Crippen molar-refractivity contribution < 1.29 is 9.53 Å². The Morgan fingerprint density at radius 3 is 2.88 bits per heavy atom. The summed E-state index contributed by atoms with van der Waals surface area (Å²) >= 11 is 0. The van der Waals surface area contributed by atoms with Crippen molar-refractivity contribution in [2.45, 2.75) is 45.7 Å². The number of nitrogens with one attached hydrogen (secondary N) is 1. The van der Waals surface area contributed by atoms with Gasteiger partial charge in [0.2, 0.25) is 5.91 Å². The average Bonchev–Trinajstić information content (AvgIpc) is 2.28. The standard InChI is InChI=1S/C13H24N2O2/c1-10-9-17-8-7-15(10)12(16)11-13(2,3)5-4-6-14-11/h10-11,14H,4-9H2,1-3H3. The number of rotatable bonds is 1. The van der Waals surface area contributed by atoms with E-state index in [1.54, 1.807) is 0 Å². The molecule has 17 heavy (non-hydrogen) atoms. The Labute approximate surface area is 104 Å². The van der Waals surface area contributed by atoms with Crippen LogP contribution in [-0.2, 0) is 9.53 Å². The molecule has 0 aliphatic carbocycles. The zero-order chi connectivity index (χ0) is 12.5. The van der Waals surface area contributed by atoms with Crippen molar-refractivity contribution in [2.75, 3.05) is 26.3 Å². The molecule has 0 saturated carbocycles. The number of ether oxygens (including phenoxy) is 1. The SMILES string of the molecule is CC1COCCN1C(=O)C1NCCCC1(C)C. The van der Waals surface area contributed by atoms with Crippen LogP contribution in [0.25, 0.3) is 0 Å². The Hall–Kier alpha value is -0.610. The van der Waals surface area contributed by atoms with Crippen LogP contribution < -0.4 is 5.32 Å². The van der Waals surface area contributed by atoms with Crippen LogP contribution in [-0.4, -0.2) is 49.2 Å². The number of amides is 1. The molecule has 1 amide bonds. The first-order chi connectivity index (χ1) is 8.02. The summed E-state index contributed by atoms with van der Waals surface area (Å²) in [6.07, 6.45) is 2.28. The van der Waals surface area contributed by atoms with E-state index >= 15 is 0 Å². The topological polar surface area (TPSA) is 41.6 Å². The number of nitrogens with zero attached hydrogens (tertiary/aromatic N) is 1. The summed E-state index contributed by atoms with van der Waals surface area (Å²) in [7, 11) is 0. The summed E-state index contributed by atoms with van der Waals surface area (Å²) in [5.41, 5.74) is 0.0629. The molecule has 2 atom stereocenters. The Morgan fingerprint density at radius 1 is 1.47 bits per heavy atom. The Morgan fingerprint density at radius 2 is 2.24 bits per heavy atom. The summed E-state index contributed by atoms with van der Waals surface area (Å²) in [5, 5.41) is 3.39. The maximum atomic E-state index is 12.6. The normalized spacial score (nSPS) is 33.5. The van der Waals surface area contributed by atoms with Crippen LogP contribution >= 0.6 is 0 Å². The second-order valence-corrected chi connectivity index (χ2v) is 5.93. The lowest BCUT2D eigenvalue weighted by atomic mass is 9.77. The average molecular weight is 240 g/mol. The lowest BCUT2D eigenvalue weighted by Crippen LogP contribution is -2.60. The number of morpholine rings is 1. The molecule has 2 fully saturated rings. The minimum atomic E-state index is -0.0307. The van der Waals surface area contributed by atoms with E-state index < -0.39 is 0 Å². The van der Waals surface area contributed by atoms with Gasteiger partial charge in [-0.05, 0) is 31.7 Å². The predicted molar refractivity (Wildman–Crippen MR) is 66.8 cm³/mol. The van der Waals surface area contributed by atoms with Crippen molar-refractivity contribution in [1.82, 2.24) is 10.2 Å². The third-order valence-corrected chi connectivity index (χ3v) is 4.03. The molecule has 4 heteroatoms. The van der Waals surface area contributed by atoms with Crippen LogP contribution in [0.5, 0.6) is 0 Å². The van der Waals surface area contributed by atoms with E-state index in [0.29, 0.717) is 13.2 Å². The van der Waals surface area contributed by atoms with Crippen LogP contribution in [0.3, 0.4) is 0 Å². The van der Waals surface area contributed by atoms with Gasteiger partial charge in [0, 0.05) is 6.54 Å². The van der Waals surface area contributed by atoms with Gasteiger partial charge in [-0.3, -0.25) is 4.79 Å². The van der Waals surface area contributed by atoms with Gasteiger partial charge >= 0.3 is 0 Å². The molecule has 0 bridgehead atoms. The van der Waals surface area contributed by atoms with Crippen molar-refractivity contribution in [1.29, 1.82) is 0 Å². The zero-order valence-corrected chi connectivity index (χ0v) is 11.2. The molecule has 4 nitrogen and oxygen atoms in total. The Kier molecular flexibility index (Phi) is 3.73. The van der Waals surface area contributed by atoms with Crippen molar-refractivity contribution in [2.24, 2.45) is 5.41 Å². The lowest BCUT2D eigenvalue weighted by molar-refractivity contribution is -0.145. The minimum Gasteiger partial charge on any atom is -0.377 e. The highest BCUT2D eigenvalue weighted by Crippen LogP contribution is 2.31. The molecule has 2 unspecified atom stereocenters. The minimum absolute atomic E-state index is 0.0307. The molecule has 0 aromatic carbocycles. The van der Waals surface area contributed by atoms with Crippen LogP contribution in [0.4, 0.5) is 0 Å². The molecule has 2 rings (SSSR count). The number of piperidine rings is 1. The van der Waals surface area contributed by atoms with Gasteiger partial charge in [0.25, 0.3) is 0 Å². The van der Waals surface area contributed by atoms with Gasteiger partial charge in [-0.15, -0.1) is 0 Å². The molecule has 0 spiro atoms. The molecule has 98 valence electrons. The first kappa shape index (κ1) is 12.8. The van der Waals surface area contributed by atoms with Crippen molar-refractivity contribution in [3.8, 4) is 0 Å². The molecule has 0 aromatic heterocycles. The van der Waals surface area contributed by atoms with Gasteiger partial charge in [-0.1, -0.05) is 13.8 Å². The number of carbonyl (C=O) groups is 1. The smallest absolute Gasteiger partial charge is 0.240 e. The highest BCUT2D eigenvalue weighted by Gasteiger charge is 2.40. The molecular formula is C13H24N2O2. The summed E-state index contributed by atoms with van der Waals surface area (Å²) < 4.78 is 5.39. The van der Waals surface area contributed by atoms with Crippen molar-refractivity contribution in [3.05, 3.63) is 0 Å². The number of hydrogen-bond acceptors (Lipinski definition) is 3. The Balaban J connectivity index is 2.07. The summed E-state index contributed by atoms with van der Waals surface area (Å²) in [6.45, 7) is 9.46. The molecule has 0 aromatic rings. The van der Waals surface area contributed by atoms with E-state index in [0.717, 1.165) is 25.9 Å². The number of carbonyl (C=O) groups excluding carboxylic acids is 1. The van der Waals surface area contributed by atoms with Gasteiger partial charge < -0.3 is 15.0 Å². The first-order valence-corrected chi connectivity index (χ1v) is 6.64. The van der Waals surface area contributed by atoms with E-state index in [9.17, 15) is 4.79 Å². The molecule has 2 saturated heterocycles. The van der Waals surface area contributed by atoms with Crippen molar-refractivity contribution >= 4 is 5.91 Å². The van der Waals surface area contributed by atoms with E-state index in [1.807, 2.05) is 4.90 Å². The number of hydrogen-bond donors (Lipinski definition) is 1. The fraction of sp³-hybridized carbons (Fsp3) is 0.923. The van der Waals surface area contributed by atoms with Gasteiger partial charge in [-0.2, -0.15) is 0 Å². The summed E-state index contributed by atoms with van der Waals surface area (Å²) in [6, 6.07) is 0.174.